The Morgan fingerprint density at radius 1 is 1.33 bits per heavy atom. The van der Waals surface area contributed by atoms with Gasteiger partial charge in [0.1, 0.15) is 5.82 Å². The molecule has 0 saturated heterocycles. The lowest BCUT2D eigenvalue weighted by Crippen LogP contribution is -2.15. The van der Waals surface area contributed by atoms with Crippen LogP contribution < -0.4 is 4.72 Å². The van der Waals surface area contributed by atoms with E-state index in [4.69, 9.17) is 11.6 Å². The number of nitrogens with zero attached hydrogens (tertiary/aromatic N) is 1. The Morgan fingerprint density at radius 2 is 2.00 bits per heavy atom. The minimum Gasteiger partial charge on any atom is -0.264 e. The smallest absolute Gasteiger partial charge is 0.264 e. The number of rotatable bonds is 3. The fraction of sp³-hybridized carbons (Fsp3) is 0.182. The maximum Gasteiger partial charge on any atom is 0.417 e. The number of nitrogens with one attached hydrogen (secondary N) is 2. The molecule has 0 atom stereocenters. The molecule has 0 fully saturated rings. The molecule has 10 heteroatoms. The number of anilines is 1. The third-order valence-electron chi connectivity index (χ3n) is 2.62. The number of alkyl halides is 3. The fourth-order valence-corrected chi connectivity index (χ4v) is 2.87. The van der Waals surface area contributed by atoms with E-state index in [9.17, 15) is 21.6 Å². The number of aromatic amines is 1. The summed E-state index contributed by atoms with van der Waals surface area (Å²) in [6.45, 7) is 1.59. The van der Waals surface area contributed by atoms with Crippen LogP contribution in [0.15, 0.2) is 29.3 Å². The predicted molar refractivity (Wildman–Crippen MR) is 70.6 cm³/mol. The van der Waals surface area contributed by atoms with Crippen molar-refractivity contribution in [3.63, 3.8) is 0 Å². The van der Waals surface area contributed by atoms with Crippen molar-refractivity contribution in [3.05, 3.63) is 40.5 Å². The van der Waals surface area contributed by atoms with Crippen molar-refractivity contribution in [2.24, 2.45) is 0 Å². The van der Waals surface area contributed by atoms with Crippen molar-refractivity contribution in [1.29, 1.82) is 0 Å². The van der Waals surface area contributed by atoms with Gasteiger partial charge in [-0.15, -0.1) is 0 Å². The number of benzene rings is 1. The zero-order valence-electron chi connectivity index (χ0n) is 10.5. The Balaban J connectivity index is 2.44. The lowest BCUT2D eigenvalue weighted by molar-refractivity contribution is -0.137. The summed E-state index contributed by atoms with van der Waals surface area (Å²) >= 11 is 5.45. The first kappa shape index (κ1) is 15.6. The number of hydrogen-bond donors (Lipinski definition) is 2. The van der Waals surface area contributed by atoms with Crippen molar-refractivity contribution in [3.8, 4) is 0 Å². The minimum absolute atomic E-state index is 0.0820. The van der Waals surface area contributed by atoms with Crippen molar-refractivity contribution >= 4 is 27.4 Å². The van der Waals surface area contributed by atoms with Crippen LogP contribution in [0.1, 0.15) is 11.1 Å². The van der Waals surface area contributed by atoms with Crippen LogP contribution in [0.2, 0.25) is 5.02 Å². The van der Waals surface area contributed by atoms with E-state index in [0.29, 0.717) is 11.6 Å². The first-order chi connectivity index (χ1) is 9.61. The second-order valence-corrected chi connectivity index (χ2v) is 6.26. The highest BCUT2D eigenvalue weighted by atomic mass is 35.5. The van der Waals surface area contributed by atoms with E-state index >= 15 is 0 Å². The minimum atomic E-state index is -4.74. The number of aryl methyl sites for hydroxylation is 1. The molecule has 0 bridgehead atoms. The van der Waals surface area contributed by atoms with Crippen LogP contribution in [0.4, 0.5) is 19.0 Å². The highest BCUT2D eigenvalue weighted by molar-refractivity contribution is 7.92. The van der Waals surface area contributed by atoms with Gasteiger partial charge in [-0.05, 0) is 25.1 Å². The van der Waals surface area contributed by atoms with Gasteiger partial charge in [0.15, 0.2) is 0 Å². The molecule has 0 amide bonds. The van der Waals surface area contributed by atoms with E-state index in [1.807, 2.05) is 0 Å². The molecule has 0 radical (unpaired) electrons. The second-order valence-electron chi connectivity index (χ2n) is 4.17. The summed E-state index contributed by atoms with van der Waals surface area (Å²) in [5.74, 6) is 0.0820. The van der Waals surface area contributed by atoms with Gasteiger partial charge in [0.05, 0.1) is 21.7 Å². The largest absolute Gasteiger partial charge is 0.417 e. The third-order valence-corrected chi connectivity index (χ3v) is 4.30. The molecule has 0 saturated carbocycles. The van der Waals surface area contributed by atoms with Gasteiger partial charge < -0.3 is 0 Å². The van der Waals surface area contributed by atoms with Crippen molar-refractivity contribution in [2.45, 2.75) is 18.0 Å². The number of aromatic nitrogens is 2. The topological polar surface area (TPSA) is 74.8 Å². The zero-order valence-corrected chi connectivity index (χ0v) is 12.1. The summed E-state index contributed by atoms with van der Waals surface area (Å²) in [5, 5.41) is 5.45. The predicted octanol–water partition coefficient (Wildman–Crippen LogP) is 3.19. The maximum absolute atomic E-state index is 12.7. The van der Waals surface area contributed by atoms with Crippen molar-refractivity contribution in [2.75, 3.05) is 4.72 Å². The van der Waals surface area contributed by atoms with Crippen LogP contribution >= 0.6 is 11.6 Å². The van der Waals surface area contributed by atoms with E-state index in [-0.39, 0.29) is 5.82 Å². The summed E-state index contributed by atoms with van der Waals surface area (Å²) in [5.41, 5.74) is -0.711. The molecule has 5 nitrogen and oxygen atoms in total. The first-order valence-corrected chi connectivity index (χ1v) is 7.37. The number of hydrogen-bond acceptors (Lipinski definition) is 3. The van der Waals surface area contributed by atoms with Crippen LogP contribution in [-0.4, -0.2) is 18.6 Å². The zero-order chi connectivity index (χ0) is 15.8. The molecule has 1 aromatic heterocycles. The van der Waals surface area contributed by atoms with Crippen molar-refractivity contribution in [1.82, 2.24) is 10.2 Å². The normalized spacial score (nSPS) is 12.4. The number of H-pyrrole nitrogens is 1. The average molecular weight is 340 g/mol. The average Bonchev–Trinajstić information content (AvgIpc) is 2.73. The molecular formula is C11H9ClF3N3O2S. The molecule has 0 aliphatic rings. The van der Waals surface area contributed by atoms with Crippen LogP contribution in [0.25, 0.3) is 0 Å². The Bertz CT molecular complexity index is 771. The van der Waals surface area contributed by atoms with Crippen LogP contribution in [-0.2, 0) is 16.2 Å². The Labute approximate surface area is 123 Å². The Morgan fingerprint density at radius 3 is 2.52 bits per heavy atom. The molecule has 0 spiro atoms. The number of halogens is 4. The standard InChI is InChI=1S/C11H9ClF3N3O2S/c1-6-5-16-17-10(6)18-21(19,20)7-2-3-9(12)8(4-7)11(13,14)15/h2-5H,1H3,(H2,16,17,18). The lowest BCUT2D eigenvalue weighted by Gasteiger charge is -2.12. The van der Waals surface area contributed by atoms with Gasteiger partial charge in [0.2, 0.25) is 0 Å². The lowest BCUT2D eigenvalue weighted by atomic mass is 10.2. The molecule has 2 aromatic rings. The molecule has 0 aliphatic carbocycles. The highest BCUT2D eigenvalue weighted by Crippen LogP contribution is 2.36. The summed E-state index contributed by atoms with van der Waals surface area (Å²) in [4.78, 5) is -0.548. The van der Waals surface area contributed by atoms with E-state index in [2.05, 4.69) is 14.9 Å². The molecule has 2 rings (SSSR count). The fourth-order valence-electron chi connectivity index (χ4n) is 1.53. The molecular weight excluding hydrogens is 331 g/mol. The van der Waals surface area contributed by atoms with E-state index in [0.717, 1.165) is 12.1 Å². The van der Waals surface area contributed by atoms with Gasteiger partial charge in [-0.3, -0.25) is 9.82 Å². The second kappa shape index (κ2) is 5.23. The SMILES string of the molecule is Cc1cn[nH]c1NS(=O)(=O)c1ccc(Cl)c(C(F)(F)F)c1. The van der Waals surface area contributed by atoms with E-state index in [1.165, 1.54) is 6.20 Å². The van der Waals surface area contributed by atoms with Gasteiger partial charge >= 0.3 is 6.18 Å². The quantitative estimate of drug-likeness (QED) is 0.901. The summed E-state index contributed by atoms with van der Waals surface area (Å²) < 4.78 is 64.5. The van der Waals surface area contributed by atoms with E-state index < -0.39 is 31.7 Å². The molecule has 1 aromatic carbocycles. The molecule has 1 heterocycles. The molecule has 0 unspecified atom stereocenters. The molecule has 114 valence electrons. The summed E-state index contributed by atoms with van der Waals surface area (Å²) in [6, 6.07) is 2.36. The molecule has 2 N–H and O–H groups in total. The molecule has 0 aliphatic heterocycles. The monoisotopic (exact) mass is 339 g/mol. The number of sulfonamides is 1. The summed E-state index contributed by atoms with van der Waals surface area (Å²) in [6.07, 6.45) is -3.37. The van der Waals surface area contributed by atoms with Gasteiger partial charge in [-0.2, -0.15) is 18.3 Å². The van der Waals surface area contributed by atoms with Crippen molar-refractivity contribution < 1.29 is 21.6 Å². The third kappa shape index (κ3) is 3.30. The molecule has 21 heavy (non-hydrogen) atoms. The Kier molecular flexibility index (Phi) is 3.89. The van der Waals surface area contributed by atoms with Gasteiger partial charge in [-0.1, -0.05) is 11.6 Å². The van der Waals surface area contributed by atoms with E-state index in [1.54, 1.807) is 6.92 Å². The summed E-state index contributed by atoms with van der Waals surface area (Å²) in [7, 11) is -4.19. The Hall–Kier alpha value is -1.74. The maximum atomic E-state index is 12.7. The van der Waals surface area contributed by atoms with Crippen LogP contribution in [0.3, 0.4) is 0 Å². The van der Waals surface area contributed by atoms with Crippen LogP contribution in [0, 0.1) is 6.92 Å². The van der Waals surface area contributed by atoms with Crippen LogP contribution in [0.5, 0.6) is 0 Å². The van der Waals surface area contributed by atoms with Gasteiger partial charge in [0.25, 0.3) is 10.0 Å². The van der Waals surface area contributed by atoms with Gasteiger partial charge in [0, 0.05) is 5.56 Å². The highest BCUT2D eigenvalue weighted by Gasteiger charge is 2.34. The first-order valence-electron chi connectivity index (χ1n) is 5.51. The van der Waals surface area contributed by atoms with Gasteiger partial charge in [-0.25, -0.2) is 8.42 Å².